The summed E-state index contributed by atoms with van der Waals surface area (Å²) in [5.74, 6) is 1.75. The minimum Gasteiger partial charge on any atom is -0.338 e. The van der Waals surface area contributed by atoms with Gasteiger partial charge < -0.3 is 20.9 Å². The van der Waals surface area contributed by atoms with Crippen LogP contribution in [0.5, 0.6) is 0 Å². The van der Waals surface area contributed by atoms with Crippen molar-refractivity contribution in [2.24, 2.45) is 0 Å². The van der Waals surface area contributed by atoms with Gasteiger partial charge in [0.2, 0.25) is 17.8 Å². The molecule has 0 bridgehead atoms. The van der Waals surface area contributed by atoms with Gasteiger partial charge in [0.25, 0.3) is 0 Å². The highest BCUT2D eigenvalue weighted by molar-refractivity contribution is 5.63. The average Bonchev–Trinajstić information content (AvgIpc) is 2.73. The number of aryl methyl sites for hydroxylation is 1. The van der Waals surface area contributed by atoms with Gasteiger partial charge in [-0.15, -0.1) is 0 Å². The predicted molar refractivity (Wildman–Crippen MR) is 114 cm³/mol. The lowest BCUT2D eigenvalue weighted by molar-refractivity contribution is 0.579. The van der Waals surface area contributed by atoms with Crippen molar-refractivity contribution in [2.75, 3.05) is 41.7 Å². The van der Waals surface area contributed by atoms with Crippen molar-refractivity contribution in [1.82, 2.24) is 20.3 Å². The number of para-hydroxylation sites is 1. The highest BCUT2D eigenvalue weighted by Crippen LogP contribution is 2.24. The van der Waals surface area contributed by atoms with Gasteiger partial charge >= 0.3 is 0 Å². The predicted octanol–water partition coefficient (Wildman–Crippen LogP) is 3.39. The number of anilines is 5. The molecule has 3 N–H and O–H groups in total. The lowest BCUT2D eigenvalue weighted by Gasteiger charge is -2.27. The summed E-state index contributed by atoms with van der Waals surface area (Å²) in [6.07, 6.45) is 0. The maximum absolute atomic E-state index is 4.69. The topological polar surface area (TPSA) is 78.0 Å². The molecule has 7 nitrogen and oxygen atoms in total. The van der Waals surface area contributed by atoms with Crippen molar-refractivity contribution >= 4 is 29.2 Å². The number of aromatic nitrogens is 3. The van der Waals surface area contributed by atoms with Crippen molar-refractivity contribution in [3.05, 3.63) is 59.7 Å². The second-order valence-electron chi connectivity index (χ2n) is 6.88. The van der Waals surface area contributed by atoms with Crippen molar-refractivity contribution in [1.29, 1.82) is 0 Å². The van der Waals surface area contributed by atoms with E-state index in [1.807, 2.05) is 42.5 Å². The summed E-state index contributed by atoms with van der Waals surface area (Å²) < 4.78 is 0. The first-order valence-electron chi connectivity index (χ1n) is 9.56. The van der Waals surface area contributed by atoms with Crippen LogP contribution in [-0.2, 0) is 0 Å². The van der Waals surface area contributed by atoms with Crippen LogP contribution in [0.1, 0.15) is 11.1 Å². The number of nitrogens with zero attached hydrogens (tertiary/aromatic N) is 4. The van der Waals surface area contributed by atoms with Crippen LogP contribution in [0.2, 0.25) is 0 Å². The van der Waals surface area contributed by atoms with Gasteiger partial charge in [0, 0.05) is 37.6 Å². The summed E-state index contributed by atoms with van der Waals surface area (Å²) >= 11 is 0. The van der Waals surface area contributed by atoms with E-state index >= 15 is 0 Å². The lowest BCUT2D eigenvalue weighted by atomic mass is 10.1. The second kappa shape index (κ2) is 8.22. The molecule has 2 heterocycles. The highest BCUT2D eigenvalue weighted by atomic mass is 15.3. The summed E-state index contributed by atoms with van der Waals surface area (Å²) in [6.45, 7) is 7.79. The zero-order valence-corrected chi connectivity index (χ0v) is 16.2. The molecule has 4 rings (SSSR count). The maximum Gasteiger partial charge on any atom is 0.233 e. The van der Waals surface area contributed by atoms with Crippen molar-refractivity contribution in [3.63, 3.8) is 0 Å². The molecule has 28 heavy (non-hydrogen) atoms. The smallest absolute Gasteiger partial charge is 0.233 e. The highest BCUT2D eigenvalue weighted by Gasteiger charge is 2.16. The fourth-order valence-electron chi connectivity index (χ4n) is 3.14. The second-order valence-corrected chi connectivity index (χ2v) is 6.88. The van der Waals surface area contributed by atoms with Crippen molar-refractivity contribution in [2.45, 2.75) is 13.8 Å². The van der Waals surface area contributed by atoms with E-state index in [1.54, 1.807) is 0 Å². The normalized spacial score (nSPS) is 14.0. The monoisotopic (exact) mass is 375 g/mol. The van der Waals surface area contributed by atoms with Crippen LogP contribution >= 0.6 is 0 Å². The van der Waals surface area contributed by atoms with Crippen molar-refractivity contribution in [3.8, 4) is 0 Å². The van der Waals surface area contributed by atoms with E-state index in [2.05, 4.69) is 55.7 Å². The molecular weight excluding hydrogens is 350 g/mol. The molecule has 1 fully saturated rings. The Morgan fingerprint density at radius 1 is 0.821 bits per heavy atom. The van der Waals surface area contributed by atoms with E-state index in [0.717, 1.165) is 37.6 Å². The molecule has 1 saturated heterocycles. The molecule has 1 aliphatic heterocycles. The molecule has 0 aliphatic carbocycles. The molecule has 0 saturated carbocycles. The molecule has 1 aliphatic rings. The summed E-state index contributed by atoms with van der Waals surface area (Å²) in [6, 6.07) is 16.1. The molecule has 7 heteroatoms. The standard InChI is InChI=1S/C21H25N7/c1-15-7-6-10-18(16(15)2)24-20-25-19(23-17-8-4-3-5-9-17)26-21(27-20)28-13-11-22-12-14-28/h3-10,22H,11-14H2,1-2H3,(H2,23,24,25,26,27). The first-order chi connectivity index (χ1) is 13.7. The quantitative estimate of drug-likeness (QED) is 0.631. The summed E-state index contributed by atoms with van der Waals surface area (Å²) in [4.78, 5) is 16.1. The largest absolute Gasteiger partial charge is 0.338 e. The number of piperazine rings is 1. The third kappa shape index (κ3) is 4.20. The molecule has 0 unspecified atom stereocenters. The minimum absolute atomic E-state index is 0.530. The van der Waals surface area contributed by atoms with E-state index in [1.165, 1.54) is 11.1 Å². The molecule has 0 atom stereocenters. The number of nitrogens with one attached hydrogen (secondary N) is 3. The van der Waals surface area contributed by atoms with Gasteiger partial charge in [-0.2, -0.15) is 15.0 Å². The van der Waals surface area contributed by atoms with Gasteiger partial charge in [0.05, 0.1) is 0 Å². The van der Waals surface area contributed by atoms with E-state index < -0.39 is 0 Å². The Morgan fingerprint density at radius 3 is 2.29 bits per heavy atom. The van der Waals surface area contributed by atoms with E-state index in [4.69, 9.17) is 0 Å². The molecule has 0 spiro atoms. The molecule has 0 radical (unpaired) electrons. The average molecular weight is 375 g/mol. The van der Waals surface area contributed by atoms with E-state index in [9.17, 15) is 0 Å². The van der Waals surface area contributed by atoms with Gasteiger partial charge in [-0.05, 0) is 43.2 Å². The first-order valence-corrected chi connectivity index (χ1v) is 9.56. The third-order valence-corrected chi connectivity index (χ3v) is 4.90. The fraction of sp³-hybridized carbons (Fsp3) is 0.286. The summed E-state index contributed by atoms with van der Waals surface area (Å²) in [5.41, 5.74) is 4.36. The van der Waals surface area contributed by atoms with Crippen molar-refractivity contribution < 1.29 is 0 Å². The zero-order valence-electron chi connectivity index (χ0n) is 16.2. The number of benzene rings is 2. The lowest BCUT2D eigenvalue weighted by Crippen LogP contribution is -2.44. The number of hydrogen-bond acceptors (Lipinski definition) is 7. The fourth-order valence-corrected chi connectivity index (χ4v) is 3.14. The minimum atomic E-state index is 0.530. The van der Waals surface area contributed by atoms with Crippen LogP contribution in [0, 0.1) is 13.8 Å². The summed E-state index contributed by atoms with van der Waals surface area (Å²) in [5, 5.41) is 10.0. The third-order valence-electron chi connectivity index (χ3n) is 4.90. The van der Waals surface area contributed by atoms with Crippen LogP contribution in [0.15, 0.2) is 48.5 Å². The molecule has 0 amide bonds. The van der Waals surface area contributed by atoms with Crippen LogP contribution in [0.4, 0.5) is 29.2 Å². The molecular formula is C21H25N7. The van der Waals surface area contributed by atoms with Crippen LogP contribution in [0.25, 0.3) is 0 Å². The Morgan fingerprint density at radius 2 is 1.54 bits per heavy atom. The molecule has 2 aromatic carbocycles. The Balaban J connectivity index is 1.67. The SMILES string of the molecule is Cc1cccc(Nc2nc(Nc3ccccc3)nc(N3CCNCC3)n2)c1C. The first kappa shape index (κ1) is 18.2. The Kier molecular flexibility index (Phi) is 5.34. The molecule has 144 valence electrons. The van der Waals surface area contributed by atoms with Crippen LogP contribution in [-0.4, -0.2) is 41.1 Å². The number of hydrogen-bond donors (Lipinski definition) is 3. The Labute approximate surface area is 165 Å². The van der Waals surface area contributed by atoms with Gasteiger partial charge in [0.1, 0.15) is 0 Å². The van der Waals surface area contributed by atoms with Gasteiger partial charge in [-0.3, -0.25) is 0 Å². The maximum atomic E-state index is 4.69. The van der Waals surface area contributed by atoms with Gasteiger partial charge in [-0.1, -0.05) is 30.3 Å². The van der Waals surface area contributed by atoms with Crippen LogP contribution < -0.4 is 20.9 Å². The van der Waals surface area contributed by atoms with Gasteiger partial charge in [-0.25, -0.2) is 0 Å². The zero-order chi connectivity index (χ0) is 19.3. The van der Waals surface area contributed by atoms with Gasteiger partial charge in [0.15, 0.2) is 0 Å². The van der Waals surface area contributed by atoms with Crippen LogP contribution in [0.3, 0.4) is 0 Å². The summed E-state index contributed by atoms with van der Waals surface area (Å²) in [7, 11) is 0. The Bertz CT molecular complexity index is 937. The Hall–Kier alpha value is -3.19. The number of rotatable bonds is 5. The van der Waals surface area contributed by atoms with E-state index in [-0.39, 0.29) is 0 Å². The molecule has 1 aromatic heterocycles. The van der Waals surface area contributed by atoms with E-state index in [0.29, 0.717) is 17.8 Å². The molecule has 3 aromatic rings.